The molecule has 2 N–H and O–H groups in total. The van der Waals surface area contributed by atoms with Gasteiger partial charge in [0, 0.05) is 41.2 Å². The lowest BCUT2D eigenvalue weighted by atomic mass is 10.1. The highest BCUT2D eigenvalue weighted by atomic mass is 79.9. The van der Waals surface area contributed by atoms with Gasteiger partial charge < -0.3 is 5.73 Å². The number of hydrogen-bond acceptors (Lipinski definition) is 3. The van der Waals surface area contributed by atoms with E-state index in [2.05, 4.69) is 64.6 Å². The first-order valence-electron chi connectivity index (χ1n) is 6.43. The molecule has 0 bridgehead atoms. The summed E-state index contributed by atoms with van der Waals surface area (Å²) in [5.74, 6) is 0. The summed E-state index contributed by atoms with van der Waals surface area (Å²) in [4.78, 5) is 2.55. The number of nitrogens with two attached hydrogens (primary N) is 1. The molecule has 0 aliphatic carbocycles. The fourth-order valence-corrected chi connectivity index (χ4v) is 4.44. The number of halogens is 1. The Kier molecular flexibility index (Phi) is 5.13. The van der Waals surface area contributed by atoms with Crippen molar-refractivity contribution in [1.82, 2.24) is 4.90 Å². The molecule has 2 unspecified atom stereocenters. The van der Waals surface area contributed by atoms with Crippen LogP contribution in [0.3, 0.4) is 0 Å². The van der Waals surface area contributed by atoms with Crippen LogP contribution in [0.15, 0.2) is 22.7 Å². The van der Waals surface area contributed by atoms with Gasteiger partial charge in [-0.1, -0.05) is 41.9 Å². The van der Waals surface area contributed by atoms with Crippen LogP contribution in [0.5, 0.6) is 0 Å². The van der Waals surface area contributed by atoms with Crippen LogP contribution in [-0.4, -0.2) is 28.5 Å². The quantitative estimate of drug-likeness (QED) is 0.923. The van der Waals surface area contributed by atoms with E-state index in [-0.39, 0.29) is 0 Å². The Morgan fingerprint density at radius 3 is 2.56 bits per heavy atom. The van der Waals surface area contributed by atoms with E-state index in [1.54, 1.807) is 0 Å². The second kappa shape index (κ2) is 6.42. The smallest absolute Gasteiger partial charge is 0.0245 e. The summed E-state index contributed by atoms with van der Waals surface area (Å²) in [6.07, 6.45) is 0. The van der Waals surface area contributed by atoms with Crippen molar-refractivity contribution in [3.63, 3.8) is 0 Å². The predicted octanol–water partition coefficient (Wildman–Crippen LogP) is 3.23. The Morgan fingerprint density at radius 2 is 2.00 bits per heavy atom. The summed E-state index contributed by atoms with van der Waals surface area (Å²) in [5, 5.41) is 1.46. The average molecular weight is 329 g/mol. The SMILES string of the molecule is CC1CN(Cc2ccc(CN)cc2Br)CC(C)S1. The molecule has 0 amide bonds. The Bertz CT molecular complexity index is 401. The van der Waals surface area contributed by atoms with Gasteiger partial charge in [0.2, 0.25) is 0 Å². The van der Waals surface area contributed by atoms with Crippen LogP contribution in [0.2, 0.25) is 0 Å². The summed E-state index contributed by atoms with van der Waals surface area (Å²) < 4.78 is 1.18. The van der Waals surface area contributed by atoms with Gasteiger partial charge in [-0.15, -0.1) is 0 Å². The van der Waals surface area contributed by atoms with Crippen LogP contribution in [0.4, 0.5) is 0 Å². The van der Waals surface area contributed by atoms with Crippen molar-refractivity contribution in [2.75, 3.05) is 13.1 Å². The maximum absolute atomic E-state index is 5.66. The molecule has 18 heavy (non-hydrogen) atoms. The number of nitrogens with zero attached hydrogens (tertiary/aromatic N) is 1. The third-order valence-corrected chi connectivity index (χ3v) is 5.21. The van der Waals surface area contributed by atoms with Crippen LogP contribution in [0.25, 0.3) is 0 Å². The van der Waals surface area contributed by atoms with Crippen LogP contribution >= 0.6 is 27.7 Å². The van der Waals surface area contributed by atoms with E-state index in [9.17, 15) is 0 Å². The normalized spacial score (nSPS) is 25.3. The monoisotopic (exact) mass is 328 g/mol. The first-order valence-corrected chi connectivity index (χ1v) is 8.17. The number of hydrogen-bond donors (Lipinski definition) is 1. The van der Waals surface area contributed by atoms with Gasteiger partial charge in [0.1, 0.15) is 0 Å². The van der Waals surface area contributed by atoms with Gasteiger partial charge in [-0.3, -0.25) is 4.90 Å². The van der Waals surface area contributed by atoms with E-state index in [0.717, 1.165) is 17.0 Å². The van der Waals surface area contributed by atoms with Crippen molar-refractivity contribution in [1.29, 1.82) is 0 Å². The first kappa shape index (κ1) is 14.4. The lowest BCUT2D eigenvalue weighted by Gasteiger charge is -2.34. The molecule has 2 atom stereocenters. The number of benzene rings is 1. The number of rotatable bonds is 3. The first-order chi connectivity index (χ1) is 8.58. The summed E-state index contributed by atoms with van der Waals surface area (Å²) in [6, 6.07) is 6.47. The highest BCUT2D eigenvalue weighted by Crippen LogP contribution is 2.27. The topological polar surface area (TPSA) is 29.3 Å². The maximum Gasteiger partial charge on any atom is 0.0245 e. The van der Waals surface area contributed by atoms with Crippen molar-refractivity contribution in [3.8, 4) is 0 Å². The summed E-state index contributed by atoms with van der Waals surface area (Å²) >= 11 is 5.75. The van der Waals surface area contributed by atoms with Crippen LogP contribution in [0, 0.1) is 0 Å². The lowest BCUT2D eigenvalue weighted by Crippen LogP contribution is -2.39. The second-order valence-electron chi connectivity index (χ2n) is 5.08. The number of thioether (sulfide) groups is 1. The van der Waals surface area contributed by atoms with Crippen molar-refractivity contribution < 1.29 is 0 Å². The molecule has 100 valence electrons. The molecule has 1 saturated heterocycles. The molecule has 1 fully saturated rings. The zero-order chi connectivity index (χ0) is 13.1. The van der Waals surface area contributed by atoms with Crippen LogP contribution in [-0.2, 0) is 13.1 Å². The van der Waals surface area contributed by atoms with Crippen molar-refractivity contribution >= 4 is 27.7 Å². The minimum atomic E-state index is 0.604. The largest absolute Gasteiger partial charge is 0.326 e. The van der Waals surface area contributed by atoms with E-state index in [4.69, 9.17) is 5.73 Å². The standard InChI is InChI=1S/C14H21BrN2S/c1-10-7-17(8-11(2)18-10)9-13-4-3-12(6-16)5-14(13)15/h3-5,10-11H,6-9,16H2,1-2H3. The third-order valence-electron chi connectivity index (χ3n) is 3.24. The van der Waals surface area contributed by atoms with Crippen molar-refractivity contribution in [2.45, 2.75) is 37.4 Å². The van der Waals surface area contributed by atoms with Crippen LogP contribution in [0.1, 0.15) is 25.0 Å². The fourth-order valence-electron chi connectivity index (χ4n) is 2.50. The molecule has 1 aliphatic heterocycles. The minimum Gasteiger partial charge on any atom is -0.326 e. The summed E-state index contributed by atoms with van der Waals surface area (Å²) in [7, 11) is 0. The molecule has 0 spiro atoms. The third kappa shape index (κ3) is 3.73. The van der Waals surface area contributed by atoms with Gasteiger partial charge in [0.25, 0.3) is 0 Å². The van der Waals surface area contributed by atoms with Crippen molar-refractivity contribution in [2.24, 2.45) is 5.73 Å². The molecule has 2 rings (SSSR count). The molecule has 0 saturated carbocycles. The van der Waals surface area contributed by atoms with Gasteiger partial charge in [0.15, 0.2) is 0 Å². The Hall–Kier alpha value is -0.0300. The van der Waals surface area contributed by atoms with E-state index in [0.29, 0.717) is 6.54 Å². The van der Waals surface area contributed by atoms with Gasteiger partial charge in [-0.2, -0.15) is 11.8 Å². The lowest BCUT2D eigenvalue weighted by molar-refractivity contribution is 0.262. The molecule has 1 aromatic carbocycles. The fraction of sp³-hybridized carbons (Fsp3) is 0.571. The molecule has 0 aromatic heterocycles. The molecular formula is C14H21BrN2S. The maximum atomic E-state index is 5.66. The van der Waals surface area contributed by atoms with Gasteiger partial charge in [-0.05, 0) is 17.2 Å². The Balaban J connectivity index is 2.04. The van der Waals surface area contributed by atoms with Gasteiger partial charge >= 0.3 is 0 Å². The van der Waals surface area contributed by atoms with Gasteiger partial charge in [0.05, 0.1) is 0 Å². The molecular weight excluding hydrogens is 308 g/mol. The predicted molar refractivity (Wildman–Crippen MR) is 83.8 cm³/mol. The Morgan fingerprint density at radius 1 is 1.33 bits per heavy atom. The highest BCUT2D eigenvalue weighted by molar-refractivity contribution is 9.10. The highest BCUT2D eigenvalue weighted by Gasteiger charge is 2.22. The zero-order valence-corrected chi connectivity index (χ0v) is 13.4. The van der Waals surface area contributed by atoms with E-state index >= 15 is 0 Å². The molecule has 1 aromatic rings. The molecule has 1 heterocycles. The van der Waals surface area contributed by atoms with Gasteiger partial charge in [-0.25, -0.2) is 0 Å². The van der Waals surface area contributed by atoms with E-state index in [1.165, 1.54) is 28.7 Å². The summed E-state index contributed by atoms with van der Waals surface area (Å²) in [6.45, 7) is 8.63. The molecule has 1 aliphatic rings. The minimum absolute atomic E-state index is 0.604. The molecule has 0 radical (unpaired) electrons. The van der Waals surface area contributed by atoms with E-state index < -0.39 is 0 Å². The summed E-state index contributed by atoms with van der Waals surface area (Å²) in [5.41, 5.74) is 8.20. The Labute approximate surface area is 122 Å². The molecule has 2 nitrogen and oxygen atoms in total. The second-order valence-corrected chi connectivity index (χ2v) is 7.82. The average Bonchev–Trinajstić information content (AvgIpc) is 2.30. The van der Waals surface area contributed by atoms with Crippen molar-refractivity contribution in [3.05, 3.63) is 33.8 Å². The molecule has 4 heteroatoms. The van der Waals surface area contributed by atoms with E-state index in [1.807, 2.05) is 0 Å². The zero-order valence-electron chi connectivity index (χ0n) is 11.0. The van der Waals surface area contributed by atoms with Crippen LogP contribution < -0.4 is 5.73 Å².